The topological polar surface area (TPSA) is 146 Å². The predicted molar refractivity (Wildman–Crippen MR) is 126 cm³/mol. The molecule has 0 radical (unpaired) electrons. The number of hydrazone groups is 1. The maximum Gasteiger partial charge on any atom is 0.294 e. The molecule has 0 aliphatic rings. The number of anilines is 1. The van der Waals surface area contributed by atoms with Gasteiger partial charge < -0.3 is 10.5 Å². The molecule has 11 heteroatoms. The number of hydrogen-bond donors (Lipinski definition) is 2. The molecule has 34 heavy (non-hydrogen) atoms. The lowest BCUT2D eigenvalue weighted by Crippen LogP contribution is -2.21. The minimum Gasteiger partial charge on any atom is -0.494 e. The first-order chi connectivity index (χ1) is 16.6. The largest absolute Gasteiger partial charge is 0.494 e. The lowest BCUT2D eigenvalue weighted by molar-refractivity contribution is 0.0950. The van der Waals surface area contributed by atoms with E-state index in [-0.39, 0.29) is 17.3 Å². The van der Waals surface area contributed by atoms with Crippen LogP contribution in [0.2, 0.25) is 0 Å². The fourth-order valence-corrected chi connectivity index (χ4v) is 3.26. The van der Waals surface area contributed by atoms with Gasteiger partial charge in [-0.05, 0) is 53.0 Å². The van der Waals surface area contributed by atoms with Crippen molar-refractivity contribution in [1.29, 1.82) is 0 Å². The SMILES string of the molecule is CCCOc1ccc(-c2c(C(=O)N/N=C(\CC)c3ccccc3)nnn2-c2nonc2N)cc1. The van der Waals surface area contributed by atoms with E-state index in [0.717, 1.165) is 17.7 Å². The summed E-state index contributed by atoms with van der Waals surface area (Å²) >= 11 is 0. The summed E-state index contributed by atoms with van der Waals surface area (Å²) in [6, 6.07) is 16.8. The molecular weight excluding hydrogens is 436 g/mol. The molecule has 0 bridgehead atoms. The van der Waals surface area contributed by atoms with Gasteiger partial charge >= 0.3 is 0 Å². The van der Waals surface area contributed by atoms with Crippen molar-refractivity contribution in [2.24, 2.45) is 5.10 Å². The van der Waals surface area contributed by atoms with Crippen molar-refractivity contribution < 1.29 is 14.2 Å². The highest BCUT2D eigenvalue weighted by Gasteiger charge is 2.25. The zero-order valence-corrected chi connectivity index (χ0v) is 18.8. The molecule has 0 atom stereocenters. The third-order valence-electron chi connectivity index (χ3n) is 4.92. The normalized spacial score (nSPS) is 11.4. The van der Waals surface area contributed by atoms with Crippen LogP contribution >= 0.6 is 0 Å². The zero-order chi connectivity index (χ0) is 23.9. The van der Waals surface area contributed by atoms with Crippen molar-refractivity contribution in [3.63, 3.8) is 0 Å². The monoisotopic (exact) mass is 460 g/mol. The second-order valence-corrected chi connectivity index (χ2v) is 7.26. The fourth-order valence-electron chi connectivity index (χ4n) is 3.26. The third-order valence-corrected chi connectivity index (χ3v) is 4.92. The van der Waals surface area contributed by atoms with E-state index in [1.807, 2.05) is 44.2 Å². The molecule has 1 amide bonds. The number of rotatable bonds is 9. The van der Waals surface area contributed by atoms with Crippen molar-refractivity contribution in [3.05, 3.63) is 65.9 Å². The average molecular weight is 460 g/mol. The fraction of sp³-hybridized carbons (Fsp3) is 0.217. The van der Waals surface area contributed by atoms with Crippen LogP contribution in [0, 0.1) is 0 Å². The second kappa shape index (κ2) is 10.4. The molecule has 0 fully saturated rings. The Hall–Kier alpha value is -4.54. The summed E-state index contributed by atoms with van der Waals surface area (Å²) in [7, 11) is 0. The molecule has 2 aromatic heterocycles. The van der Waals surface area contributed by atoms with Gasteiger partial charge in [0.1, 0.15) is 11.4 Å². The Bertz CT molecular complexity index is 1280. The van der Waals surface area contributed by atoms with Crippen molar-refractivity contribution in [2.45, 2.75) is 26.7 Å². The lowest BCUT2D eigenvalue weighted by atomic mass is 10.1. The zero-order valence-electron chi connectivity index (χ0n) is 18.8. The molecule has 0 saturated heterocycles. The van der Waals surface area contributed by atoms with Crippen LogP contribution in [0.5, 0.6) is 5.75 Å². The van der Waals surface area contributed by atoms with Crippen molar-refractivity contribution in [1.82, 2.24) is 30.7 Å². The van der Waals surface area contributed by atoms with Crippen LogP contribution in [0.1, 0.15) is 42.7 Å². The van der Waals surface area contributed by atoms with E-state index in [2.05, 4.69) is 31.2 Å². The van der Waals surface area contributed by atoms with Gasteiger partial charge in [-0.2, -0.15) is 9.78 Å². The van der Waals surface area contributed by atoms with E-state index in [1.54, 1.807) is 24.3 Å². The summed E-state index contributed by atoms with van der Waals surface area (Å²) in [5.41, 5.74) is 11.1. The van der Waals surface area contributed by atoms with Gasteiger partial charge in [0.25, 0.3) is 5.91 Å². The van der Waals surface area contributed by atoms with E-state index < -0.39 is 5.91 Å². The van der Waals surface area contributed by atoms with Crippen molar-refractivity contribution in [2.75, 3.05) is 12.3 Å². The number of nitrogens with two attached hydrogens (primary N) is 1. The number of nitrogens with zero attached hydrogens (tertiary/aromatic N) is 6. The Morgan fingerprint density at radius 2 is 1.88 bits per heavy atom. The van der Waals surface area contributed by atoms with Gasteiger partial charge in [0.15, 0.2) is 5.69 Å². The summed E-state index contributed by atoms with van der Waals surface area (Å²) in [6.07, 6.45) is 1.52. The minimum atomic E-state index is -0.538. The van der Waals surface area contributed by atoms with Gasteiger partial charge in [-0.25, -0.2) is 10.1 Å². The third kappa shape index (κ3) is 4.77. The number of hydrogen-bond acceptors (Lipinski definition) is 9. The number of carbonyl (C=O) groups is 1. The summed E-state index contributed by atoms with van der Waals surface area (Å²) < 4.78 is 11.7. The number of aromatic nitrogens is 5. The highest BCUT2D eigenvalue weighted by Crippen LogP contribution is 2.28. The van der Waals surface area contributed by atoms with Gasteiger partial charge in [-0.3, -0.25) is 4.79 Å². The van der Waals surface area contributed by atoms with Crippen LogP contribution < -0.4 is 15.9 Å². The first kappa shape index (κ1) is 22.6. The van der Waals surface area contributed by atoms with Crippen molar-refractivity contribution in [3.8, 4) is 22.8 Å². The van der Waals surface area contributed by atoms with Crippen LogP contribution in [-0.4, -0.2) is 43.5 Å². The number of benzene rings is 2. The van der Waals surface area contributed by atoms with Gasteiger partial charge in [-0.1, -0.05) is 49.4 Å². The highest BCUT2D eigenvalue weighted by molar-refractivity contribution is 6.03. The molecule has 4 rings (SSSR count). The molecule has 0 aliphatic carbocycles. The lowest BCUT2D eigenvalue weighted by Gasteiger charge is -2.09. The maximum atomic E-state index is 13.1. The molecular formula is C23H24N8O3. The molecule has 174 valence electrons. The summed E-state index contributed by atoms with van der Waals surface area (Å²) in [5, 5.41) is 19.9. The number of carbonyl (C=O) groups excluding carboxylic acids is 1. The van der Waals surface area contributed by atoms with Gasteiger partial charge in [0.05, 0.1) is 12.3 Å². The molecule has 0 saturated carbocycles. The summed E-state index contributed by atoms with van der Waals surface area (Å²) in [6.45, 7) is 4.60. The Balaban J connectivity index is 1.70. The summed E-state index contributed by atoms with van der Waals surface area (Å²) in [4.78, 5) is 13.1. The van der Waals surface area contributed by atoms with Crippen LogP contribution in [-0.2, 0) is 0 Å². The Kier molecular flexibility index (Phi) is 6.92. The number of nitrogens with one attached hydrogen (secondary N) is 1. The molecule has 2 heterocycles. The van der Waals surface area contributed by atoms with Crippen LogP contribution in [0.3, 0.4) is 0 Å². The molecule has 0 aliphatic heterocycles. The second-order valence-electron chi connectivity index (χ2n) is 7.26. The van der Waals surface area contributed by atoms with E-state index >= 15 is 0 Å². The number of nitrogen functional groups attached to an aromatic ring is 1. The van der Waals surface area contributed by atoms with Crippen LogP contribution in [0.4, 0.5) is 5.82 Å². The van der Waals surface area contributed by atoms with Crippen LogP contribution in [0.15, 0.2) is 64.3 Å². The van der Waals surface area contributed by atoms with E-state index in [9.17, 15) is 4.79 Å². The molecule has 0 spiro atoms. The predicted octanol–water partition coefficient (Wildman–Crippen LogP) is 3.23. The molecule has 3 N–H and O–H groups in total. The van der Waals surface area contributed by atoms with E-state index in [0.29, 0.717) is 30.0 Å². The number of amides is 1. The molecule has 11 nitrogen and oxygen atoms in total. The maximum absolute atomic E-state index is 13.1. The Labute approximate surface area is 195 Å². The van der Waals surface area contributed by atoms with Crippen molar-refractivity contribution >= 4 is 17.4 Å². The first-order valence-electron chi connectivity index (χ1n) is 10.8. The number of ether oxygens (including phenoxy) is 1. The minimum absolute atomic E-state index is 0.0105. The Morgan fingerprint density at radius 3 is 2.53 bits per heavy atom. The average Bonchev–Trinajstić information content (AvgIpc) is 3.50. The molecule has 0 unspecified atom stereocenters. The molecule has 2 aromatic carbocycles. The van der Waals surface area contributed by atoms with Gasteiger partial charge in [-0.15, -0.1) is 5.10 Å². The standard InChI is InChI=1S/C23H24N8O3/c1-3-14-33-17-12-10-16(11-13-17)20-19(26-30-31(20)22-21(24)28-34-29-22)23(32)27-25-18(4-2)15-8-6-5-7-9-15/h5-13H,3-4,14H2,1-2H3,(H2,24,28)(H,27,32)/b25-18+. The summed E-state index contributed by atoms with van der Waals surface area (Å²) in [5.74, 6) is 0.300. The Morgan fingerprint density at radius 1 is 1.12 bits per heavy atom. The smallest absolute Gasteiger partial charge is 0.294 e. The van der Waals surface area contributed by atoms with Crippen LogP contribution in [0.25, 0.3) is 17.1 Å². The molecule has 4 aromatic rings. The highest BCUT2D eigenvalue weighted by atomic mass is 16.6. The van der Waals surface area contributed by atoms with E-state index in [4.69, 9.17) is 15.1 Å². The van der Waals surface area contributed by atoms with E-state index in [1.165, 1.54) is 4.68 Å². The quantitative estimate of drug-likeness (QED) is 0.286. The van der Waals surface area contributed by atoms with Gasteiger partial charge in [0, 0.05) is 5.56 Å². The first-order valence-corrected chi connectivity index (χ1v) is 10.8. The van der Waals surface area contributed by atoms with Gasteiger partial charge in [0.2, 0.25) is 11.6 Å².